The van der Waals surface area contributed by atoms with Gasteiger partial charge in [0.1, 0.15) is 5.69 Å². The molecule has 3 heterocycles. The summed E-state index contributed by atoms with van der Waals surface area (Å²) in [5, 5.41) is 11.1. The summed E-state index contributed by atoms with van der Waals surface area (Å²) in [5.74, 6) is -0.0270. The van der Waals surface area contributed by atoms with Crippen molar-refractivity contribution in [1.29, 1.82) is 0 Å². The van der Waals surface area contributed by atoms with E-state index in [-0.39, 0.29) is 17.7 Å². The molecule has 0 aliphatic heterocycles. The molecule has 1 atom stereocenters. The van der Waals surface area contributed by atoms with E-state index < -0.39 is 0 Å². The number of aromatic nitrogens is 4. The zero-order chi connectivity index (χ0) is 16.5. The normalized spacial score (nSPS) is 16.6. The number of pyridine rings is 1. The zero-order valence-corrected chi connectivity index (χ0v) is 13.3. The van der Waals surface area contributed by atoms with E-state index in [9.17, 15) is 4.79 Å². The second-order valence-corrected chi connectivity index (χ2v) is 6.00. The summed E-state index contributed by atoms with van der Waals surface area (Å²) >= 11 is 0. The van der Waals surface area contributed by atoms with Crippen LogP contribution in [0.25, 0.3) is 11.3 Å². The Kier molecular flexibility index (Phi) is 3.60. The number of carbonyl (C=O) groups is 1. The molecule has 122 valence electrons. The molecule has 0 saturated heterocycles. The Morgan fingerprint density at radius 2 is 2.38 bits per heavy atom. The van der Waals surface area contributed by atoms with Crippen LogP contribution in [0.5, 0.6) is 0 Å². The van der Waals surface area contributed by atoms with Gasteiger partial charge in [0.2, 0.25) is 5.76 Å². The highest BCUT2D eigenvalue weighted by Crippen LogP contribution is 2.21. The monoisotopic (exact) mass is 323 g/mol. The smallest absolute Gasteiger partial charge is 0.290 e. The first kappa shape index (κ1) is 14.6. The van der Waals surface area contributed by atoms with Gasteiger partial charge in [-0.05, 0) is 30.9 Å². The van der Waals surface area contributed by atoms with Gasteiger partial charge in [0.05, 0.1) is 6.20 Å². The quantitative estimate of drug-likeness (QED) is 0.794. The Morgan fingerprint density at radius 3 is 3.21 bits per heavy atom. The number of aryl methyl sites for hydroxylation is 2. The van der Waals surface area contributed by atoms with E-state index in [0.717, 1.165) is 30.5 Å². The molecule has 0 saturated carbocycles. The van der Waals surface area contributed by atoms with E-state index in [0.29, 0.717) is 5.69 Å². The van der Waals surface area contributed by atoms with Gasteiger partial charge in [-0.2, -0.15) is 5.10 Å². The topological polar surface area (TPSA) is 85.8 Å². The molecule has 3 aromatic rings. The van der Waals surface area contributed by atoms with E-state index >= 15 is 0 Å². The number of nitrogens with zero attached hydrogens (tertiary/aromatic N) is 4. The third kappa shape index (κ3) is 2.80. The minimum absolute atomic E-state index is 0.0844. The lowest BCUT2D eigenvalue weighted by Gasteiger charge is -2.24. The van der Waals surface area contributed by atoms with Crippen LogP contribution in [0, 0.1) is 0 Å². The first-order chi connectivity index (χ1) is 11.7. The fraction of sp³-hybridized carbons (Fsp3) is 0.294. The van der Waals surface area contributed by atoms with Gasteiger partial charge in [-0.1, -0.05) is 11.2 Å². The summed E-state index contributed by atoms with van der Waals surface area (Å²) in [6, 6.07) is 5.72. The lowest BCUT2D eigenvalue weighted by Crippen LogP contribution is -2.38. The van der Waals surface area contributed by atoms with E-state index in [1.807, 2.05) is 25.5 Å². The third-order valence-electron chi connectivity index (χ3n) is 4.25. The maximum atomic E-state index is 12.4. The molecule has 0 fully saturated rings. The molecule has 1 aliphatic carbocycles. The van der Waals surface area contributed by atoms with Crippen molar-refractivity contribution in [3.05, 3.63) is 53.8 Å². The van der Waals surface area contributed by atoms with Crippen LogP contribution in [0.4, 0.5) is 0 Å². The molecular formula is C17H17N5O2. The molecule has 1 amide bonds. The first-order valence-electron chi connectivity index (χ1n) is 7.88. The summed E-state index contributed by atoms with van der Waals surface area (Å²) in [6.45, 7) is 0. The minimum atomic E-state index is -0.241. The van der Waals surface area contributed by atoms with Crippen molar-refractivity contribution in [3.8, 4) is 11.3 Å². The van der Waals surface area contributed by atoms with Crippen LogP contribution in [0.3, 0.4) is 0 Å². The number of rotatable bonds is 3. The maximum Gasteiger partial charge on any atom is 0.290 e. The van der Waals surface area contributed by atoms with Crippen LogP contribution in [0.15, 0.2) is 41.3 Å². The zero-order valence-electron chi connectivity index (χ0n) is 13.3. The van der Waals surface area contributed by atoms with Crippen LogP contribution in [0.2, 0.25) is 0 Å². The summed E-state index contributed by atoms with van der Waals surface area (Å²) in [6.07, 6.45) is 7.86. The highest BCUT2D eigenvalue weighted by atomic mass is 16.5. The van der Waals surface area contributed by atoms with Crippen molar-refractivity contribution in [2.24, 2.45) is 7.05 Å². The lowest BCUT2D eigenvalue weighted by molar-refractivity contribution is 0.0896. The van der Waals surface area contributed by atoms with Gasteiger partial charge in [0, 0.05) is 42.8 Å². The van der Waals surface area contributed by atoms with Crippen LogP contribution in [-0.4, -0.2) is 31.9 Å². The fourth-order valence-electron chi connectivity index (χ4n) is 3.01. The molecule has 7 nitrogen and oxygen atoms in total. The summed E-state index contributed by atoms with van der Waals surface area (Å²) in [4.78, 5) is 16.8. The average Bonchev–Trinajstić information content (AvgIpc) is 3.23. The number of fused-ring (bicyclic) bond motifs is 1. The van der Waals surface area contributed by atoms with Gasteiger partial charge < -0.3 is 9.84 Å². The first-order valence-corrected chi connectivity index (χ1v) is 7.88. The Morgan fingerprint density at radius 1 is 1.46 bits per heavy atom. The van der Waals surface area contributed by atoms with Gasteiger partial charge in [-0.3, -0.25) is 14.5 Å². The van der Waals surface area contributed by atoms with Gasteiger partial charge in [0.25, 0.3) is 5.91 Å². The highest BCUT2D eigenvalue weighted by molar-refractivity contribution is 5.92. The molecule has 0 aromatic carbocycles. The standard InChI is InChI=1S/C17H17N5O2/c1-22-10-12(9-19-22)15-8-16(24-21-15)17(23)20-13-4-5-14-11(7-13)3-2-6-18-14/h2-3,6,8-10,13H,4-5,7H2,1H3,(H,20,23). The number of hydrogen-bond acceptors (Lipinski definition) is 5. The average molecular weight is 323 g/mol. The molecule has 1 N–H and O–H groups in total. The number of hydrogen-bond donors (Lipinski definition) is 1. The van der Waals surface area contributed by atoms with Gasteiger partial charge in [0.15, 0.2) is 0 Å². The van der Waals surface area contributed by atoms with E-state index in [1.165, 1.54) is 5.56 Å². The Labute approximate surface area is 138 Å². The van der Waals surface area contributed by atoms with Crippen LogP contribution < -0.4 is 5.32 Å². The Bertz CT molecular complexity index is 883. The molecule has 1 aliphatic rings. The number of carbonyl (C=O) groups excluding carboxylic acids is 1. The molecule has 4 rings (SSSR count). The molecule has 24 heavy (non-hydrogen) atoms. The molecule has 0 spiro atoms. The molecule has 3 aromatic heterocycles. The Balaban J connectivity index is 1.45. The van der Waals surface area contributed by atoms with E-state index in [1.54, 1.807) is 16.9 Å². The lowest BCUT2D eigenvalue weighted by atomic mass is 9.92. The van der Waals surface area contributed by atoms with Crippen LogP contribution in [0.1, 0.15) is 28.2 Å². The largest absolute Gasteiger partial charge is 0.350 e. The summed E-state index contributed by atoms with van der Waals surface area (Å²) < 4.78 is 6.87. The van der Waals surface area contributed by atoms with Crippen molar-refractivity contribution in [1.82, 2.24) is 25.2 Å². The van der Waals surface area contributed by atoms with Crippen LogP contribution >= 0.6 is 0 Å². The SMILES string of the molecule is Cn1cc(-c2cc(C(=O)NC3CCc4ncccc4C3)on2)cn1. The minimum Gasteiger partial charge on any atom is -0.350 e. The molecule has 1 unspecified atom stereocenters. The van der Waals surface area contributed by atoms with Crippen molar-refractivity contribution < 1.29 is 9.32 Å². The Hall–Kier alpha value is -2.96. The van der Waals surface area contributed by atoms with Crippen molar-refractivity contribution in [2.75, 3.05) is 0 Å². The maximum absolute atomic E-state index is 12.4. The molecule has 0 bridgehead atoms. The van der Waals surface area contributed by atoms with Crippen molar-refractivity contribution in [2.45, 2.75) is 25.3 Å². The van der Waals surface area contributed by atoms with Gasteiger partial charge in [-0.15, -0.1) is 0 Å². The molecule has 0 radical (unpaired) electrons. The second kappa shape index (κ2) is 5.92. The van der Waals surface area contributed by atoms with Crippen LogP contribution in [-0.2, 0) is 19.9 Å². The molecular weight excluding hydrogens is 306 g/mol. The highest BCUT2D eigenvalue weighted by Gasteiger charge is 2.23. The summed E-state index contributed by atoms with van der Waals surface area (Å²) in [7, 11) is 1.83. The number of nitrogens with one attached hydrogen (secondary N) is 1. The predicted molar refractivity (Wildman–Crippen MR) is 86.2 cm³/mol. The number of amides is 1. The third-order valence-corrected chi connectivity index (χ3v) is 4.25. The second-order valence-electron chi connectivity index (χ2n) is 6.00. The van der Waals surface area contributed by atoms with Gasteiger partial charge in [-0.25, -0.2) is 0 Å². The van der Waals surface area contributed by atoms with Crippen molar-refractivity contribution in [3.63, 3.8) is 0 Å². The van der Waals surface area contributed by atoms with E-state index in [4.69, 9.17) is 4.52 Å². The van der Waals surface area contributed by atoms with E-state index in [2.05, 4.69) is 26.6 Å². The van der Waals surface area contributed by atoms with Crippen molar-refractivity contribution >= 4 is 5.91 Å². The molecule has 7 heteroatoms. The fourth-order valence-corrected chi connectivity index (χ4v) is 3.01. The predicted octanol–water partition coefficient (Wildman–Crippen LogP) is 1.76. The summed E-state index contributed by atoms with van der Waals surface area (Å²) in [5.41, 5.74) is 3.74. The van der Waals surface area contributed by atoms with Gasteiger partial charge >= 0.3 is 0 Å².